The van der Waals surface area contributed by atoms with Crippen molar-refractivity contribution in [3.8, 4) is 5.75 Å². The number of carbonyl (C=O) groups is 1. The number of aromatic carboxylic acids is 1. The number of aryl methyl sites for hydroxylation is 2. The van der Waals surface area contributed by atoms with Crippen molar-refractivity contribution in [2.24, 2.45) is 0 Å². The maximum Gasteiger partial charge on any atom is 0.345 e. The third kappa shape index (κ3) is 2.90. The zero-order chi connectivity index (χ0) is 13.1. The molecule has 2 rings (SSSR count). The number of hydrogen-bond donors (Lipinski definition) is 1. The SMILES string of the molecule is Cc1ccc(OCc2ccc(C(=O)O)s2)c(C)c1. The number of benzene rings is 1. The molecule has 2 aromatic rings. The molecule has 1 heterocycles. The van der Waals surface area contributed by atoms with E-state index in [4.69, 9.17) is 9.84 Å². The Morgan fingerprint density at radius 2 is 2.06 bits per heavy atom. The van der Waals surface area contributed by atoms with Crippen LogP contribution in [0, 0.1) is 13.8 Å². The van der Waals surface area contributed by atoms with Crippen molar-refractivity contribution >= 4 is 17.3 Å². The minimum atomic E-state index is -0.891. The van der Waals surface area contributed by atoms with Gasteiger partial charge in [0.2, 0.25) is 0 Å². The Balaban J connectivity index is 2.04. The molecule has 0 unspecified atom stereocenters. The lowest BCUT2D eigenvalue weighted by Crippen LogP contribution is -1.95. The number of carboxylic acid groups (broad SMARTS) is 1. The number of rotatable bonds is 4. The molecule has 0 spiro atoms. The fourth-order valence-corrected chi connectivity index (χ4v) is 2.44. The van der Waals surface area contributed by atoms with Gasteiger partial charge in [-0.1, -0.05) is 17.7 Å². The second kappa shape index (κ2) is 5.23. The van der Waals surface area contributed by atoms with E-state index in [-0.39, 0.29) is 0 Å². The minimum absolute atomic E-state index is 0.342. The Bertz CT molecular complexity index is 572. The van der Waals surface area contributed by atoms with Gasteiger partial charge in [-0.05, 0) is 37.6 Å². The lowest BCUT2D eigenvalue weighted by Gasteiger charge is -2.08. The molecule has 0 aliphatic carbocycles. The molecular weight excluding hydrogens is 248 g/mol. The number of thiophene rings is 1. The average Bonchev–Trinajstić information content (AvgIpc) is 2.76. The predicted molar refractivity (Wildman–Crippen MR) is 71.5 cm³/mol. The third-order valence-electron chi connectivity index (χ3n) is 2.57. The molecule has 0 fully saturated rings. The number of carboxylic acids is 1. The Morgan fingerprint density at radius 3 is 2.67 bits per heavy atom. The highest BCUT2D eigenvalue weighted by atomic mass is 32.1. The van der Waals surface area contributed by atoms with Crippen LogP contribution in [0.15, 0.2) is 30.3 Å². The van der Waals surface area contributed by atoms with Crippen LogP contribution in [0.5, 0.6) is 5.75 Å². The Morgan fingerprint density at radius 1 is 1.28 bits per heavy atom. The first-order valence-electron chi connectivity index (χ1n) is 5.58. The Hall–Kier alpha value is -1.81. The smallest absolute Gasteiger partial charge is 0.345 e. The molecule has 0 aliphatic rings. The molecule has 0 saturated carbocycles. The summed E-state index contributed by atoms with van der Waals surface area (Å²) in [5.74, 6) is -0.0522. The molecule has 0 atom stereocenters. The lowest BCUT2D eigenvalue weighted by molar-refractivity contribution is 0.0702. The van der Waals surface area contributed by atoms with Gasteiger partial charge in [0.1, 0.15) is 17.2 Å². The van der Waals surface area contributed by atoms with Gasteiger partial charge in [-0.25, -0.2) is 4.79 Å². The van der Waals surface area contributed by atoms with Gasteiger partial charge < -0.3 is 9.84 Å². The zero-order valence-electron chi connectivity index (χ0n) is 10.3. The first kappa shape index (κ1) is 12.6. The summed E-state index contributed by atoms with van der Waals surface area (Å²) >= 11 is 1.24. The zero-order valence-corrected chi connectivity index (χ0v) is 11.1. The minimum Gasteiger partial charge on any atom is -0.488 e. The number of ether oxygens (including phenoxy) is 1. The summed E-state index contributed by atoms with van der Waals surface area (Å²) in [5, 5.41) is 8.83. The number of hydrogen-bond acceptors (Lipinski definition) is 3. The van der Waals surface area contributed by atoms with E-state index in [2.05, 4.69) is 6.07 Å². The van der Waals surface area contributed by atoms with Crippen LogP contribution in [0.3, 0.4) is 0 Å². The largest absolute Gasteiger partial charge is 0.488 e. The third-order valence-corrected chi connectivity index (χ3v) is 3.62. The second-order valence-corrected chi connectivity index (χ2v) is 5.30. The molecule has 94 valence electrons. The highest BCUT2D eigenvalue weighted by Crippen LogP contribution is 2.22. The van der Waals surface area contributed by atoms with E-state index in [0.717, 1.165) is 16.2 Å². The van der Waals surface area contributed by atoms with Crippen LogP contribution < -0.4 is 4.74 Å². The molecular formula is C14H14O3S. The van der Waals surface area contributed by atoms with E-state index in [1.807, 2.05) is 26.0 Å². The van der Waals surface area contributed by atoms with E-state index in [1.54, 1.807) is 12.1 Å². The van der Waals surface area contributed by atoms with Crippen molar-refractivity contribution in [2.45, 2.75) is 20.5 Å². The molecule has 0 saturated heterocycles. The monoisotopic (exact) mass is 262 g/mol. The van der Waals surface area contributed by atoms with E-state index >= 15 is 0 Å². The van der Waals surface area contributed by atoms with Crippen molar-refractivity contribution in [3.63, 3.8) is 0 Å². The normalized spacial score (nSPS) is 10.3. The van der Waals surface area contributed by atoms with E-state index in [1.165, 1.54) is 16.9 Å². The summed E-state index contributed by atoms with van der Waals surface area (Å²) in [6.45, 7) is 4.44. The fraction of sp³-hybridized carbons (Fsp3) is 0.214. The summed E-state index contributed by atoms with van der Waals surface area (Å²) in [6.07, 6.45) is 0. The highest BCUT2D eigenvalue weighted by molar-refractivity contribution is 7.13. The Kier molecular flexibility index (Phi) is 3.67. The van der Waals surface area contributed by atoms with Crippen LogP contribution in [0.2, 0.25) is 0 Å². The maximum atomic E-state index is 10.7. The first-order valence-corrected chi connectivity index (χ1v) is 6.40. The molecule has 0 radical (unpaired) electrons. The fourth-order valence-electron chi connectivity index (χ4n) is 1.68. The van der Waals surface area contributed by atoms with E-state index in [0.29, 0.717) is 11.5 Å². The topological polar surface area (TPSA) is 46.5 Å². The molecule has 4 heteroatoms. The molecule has 0 bridgehead atoms. The van der Waals surface area contributed by atoms with Gasteiger partial charge in [-0.2, -0.15) is 0 Å². The summed E-state index contributed by atoms with van der Waals surface area (Å²) in [6, 6.07) is 9.40. The summed E-state index contributed by atoms with van der Waals surface area (Å²) in [4.78, 5) is 12.0. The molecule has 1 N–H and O–H groups in total. The van der Waals surface area contributed by atoms with Crippen LogP contribution in [-0.2, 0) is 6.61 Å². The van der Waals surface area contributed by atoms with Gasteiger partial charge in [-0.3, -0.25) is 0 Å². The maximum absolute atomic E-state index is 10.7. The molecule has 0 aliphatic heterocycles. The predicted octanol–water partition coefficient (Wildman–Crippen LogP) is 3.64. The van der Waals surface area contributed by atoms with Gasteiger partial charge >= 0.3 is 5.97 Å². The van der Waals surface area contributed by atoms with Crippen molar-refractivity contribution < 1.29 is 14.6 Å². The second-order valence-electron chi connectivity index (χ2n) is 4.13. The molecule has 18 heavy (non-hydrogen) atoms. The Labute approximate surface area is 110 Å². The van der Waals surface area contributed by atoms with Gasteiger partial charge in [0.05, 0.1) is 0 Å². The molecule has 0 amide bonds. The summed E-state index contributed by atoms with van der Waals surface area (Å²) in [7, 11) is 0. The van der Waals surface area contributed by atoms with Crippen LogP contribution in [0.25, 0.3) is 0 Å². The molecule has 1 aromatic heterocycles. The highest BCUT2D eigenvalue weighted by Gasteiger charge is 2.07. The van der Waals surface area contributed by atoms with Crippen LogP contribution in [-0.4, -0.2) is 11.1 Å². The van der Waals surface area contributed by atoms with Gasteiger partial charge in [0, 0.05) is 4.88 Å². The van der Waals surface area contributed by atoms with Gasteiger partial charge in [0.25, 0.3) is 0 Å². The quantitative estimate of drug-likeness (QED) is 0.915. The first-order chi connectivity index (χ1) is 8.56. The van der Waals surface area contributed by atoms with Crippen LogP contribution in [0.4, 0.5) is 0 Å². The standard InChI is InChI=1S/C14H14O3S/c1-9-3-5-12(10(2)7-9)17-8-11-4-6-13(18-11)14(15)16/h3-7H,8H2,1-2H3,(H,15,16). The van der Waals surface area contributed by atoms with Crippen LogP contribution in [0.1, 0.15) is 25.7 Å². The van der Waals surface area contributed by atoms with Crippen molar-refractivity contribution in [2.75, 3.05) is 0 Å². The van der Waals surface area contributed by atoms with Crippen LogP contribution >= 0.6 is 11.3 Å². The summed E-state index contributed by atoms with van der Waals surface area (Å²) < 4.78 is 5.69. The van der Waals surface area contributed by atoms with Crippen molar-refractivity contribution in [3.05, 3.63) is 51.2 Å². The van der Waals surface area contributed by atoms with Gasteiger partial charge in [0.15, 0.2) is 0 Å². The van der Waals surface area contributed by atoms with Crippen molar-refractivity contribution in [1.82, 2.24) is 0 Å². The van der Waals surface area contributed by atoms with Gasteiger partial charge in [-0.15, -0.1) is 11.3 Å². The van der Waals surface area contributed by atoms with Crippen molar-refractivity contribution in [1.29, 1.82) is 0 Å². The van der Waals surface area contributed by atoms with E-state index < -0.39 is 5.97 Å². The summed E-state index contributed by atoms with van der Waals surface area (Å²) in [5.41, 5.74) is 2.29. The molecule has 3 nitrogen and oxygen atoms in total. The van der Waals surface area contributed by atoms with E-state index in [9.17, 15) is 4.79 Å². The molecule has 1 aromatic carbocycles. The lowest BCUT2D eigenvalue weighted by atomic mass is 10.1. The average molecular weight is 262 g/mol.